The van der Waals surface area contributed by atoms with Gasteiger partial charge in [-0.25, -0.2) is 0 Å². The van der Waals surface area contributed by atoms with Crippen LogP contribution in [0.3, 0.4) is 0 Å². The van der Waals surface area contributed by atoms with Crippen LogP contribution in [0.2, 0.25) is 0 Å². The van der Waals surface area contributed by atoms with Crippen molar-refractivity contribution in [1.82, 2.24) is 4.98 Å². The Labute approximate surface area is 164 Å². The second-order valence-corrected chi connectivity index (χ2v) is 7.75. The van der Waals surface area contributed by atoms with E-state index in [0.29, 0.717) is 0 Å². The lowest BCUT2D eigenvalue weighted by atomic mass is 9.97. The van der Waals surface area contributed by atoms with E-state index in [1.54, 1.807) is 0 Å². The minimum Gasteiger partial charge on any atom is -0.261 e. The van der Waals surface area contributed by atoms with Crippen LogP contribution in [-0.4, -0.2) is 4.98 Å². The second-order valence-electron chi connectivity index (χ2n) is 7.75. The van der Waals surface area contributed by atoms with Crippen LogP contribution in [0, 0.1) is 6.92 Å². The molecule has 0 aliphatic heterocycles. The third kappa shape index (κ3) is 5.19. The number of benzene rings is 2. The van der Waals surface area contributed by atoms with Crippen LogP contribution in [0.5, 0.6) is 0 Å². The Morgan fingerprint density at radius 2 is 1.48 bits per heavy atom. The summed E-state index contributed by atoms with van der Waals surface area (Å²) in [5.74, 6) is 0. The van der Waals surface area contributed by atoms with Gasteiger partial charge >= 0.3 is 0 Å². The summed E-state index contributed by atoms with van der Waals surface area (Å²) in [6.07, 6.45) is 12.2. The maximum absolute atomic E-state index is 4.68. The predicted octanol–water partition coefficient (Wildman–Crippen LogP) is 7.68. The van der Waals surface area contributed by atoms with Crippen molar-refractivity contribution in [1.29, 1.82) is 0 Å². The Morgan fingerprint density at radius 3 is 2.30 bits per heavy atom. The smallest absolute Gasteiger partial charge is 0.0410 e. The molecule has 0 aliphatic rings. The van der Waals surface area contributed by atoms with E-state index < -0.39 is 0 Å². The van der Waals surface area contributed by atoms with E-state index in [2.05, 4.69) is 68.2 Å². The Bertz CT molecular complexity index is 879. The molecule has 0 aliphatic carbocycles. The molecular weight excluding hydrogens is 326 g/mol. The summed E-state index contributed by atoms with van der Waals surface area (Å²) >= 11 is 0. The number of aromatic nitrogens is 1. The molecule has 0 fully saturated rings. The maximum atomic E-state index is 4.68. The molecule has 0 spiro atoms. The zero-order valence-electron chi connectivity index (χ0n) is 17.2. The topological polar surface area (TPSA) is 12.9 Å². The fourth-order valence-corrected chi connectivity index (χ4v) is 3.82. The van der Waals surface area contributed by atoms with E-state index in [9.17, 15) is 0 Å². The van der Waals surface area contributed by atoms with Crippen LogP contribution in [0.15, 0.2) is 48.7 Å². The minimum absolute atomic E-state index is 1.08. The van der Waals surface area contributed by atoms with E-state index in [1.807, 2.05) is 6.20 Å². The third-order valence-corrected chi connectivity index (χ3v) is 5.63. The van der Waals surface area contributed by atoms with Crippen LogP contribution in [0.4, 0.5) is 0 Å². The highest BCUT2D eigenvalue weighted by molar-refractivity contribution is 5.87. The molecule has 1 heterocycles. The Hall–Kier alpha value is -2.15. The highest BCUT2D eigenvalue weighted by Gasteiger charge is 2.05. The van der Waals surface area contributed by atoms with Gasteiger partial charge < -0.3 is 0 Å². The van der Waals surface area contributed by atoms with Gasteiger partial charge in [-0.3, -0.25) is 4.98 Å². The van der Waals surface area contributed by atoms with Crippen molar-refractivity contribution in [2.24, 2.45) is 0 Å². The van der Waals surface area contributed by atoms with Gasteiger partial charge in [-0.1, -0.05) is 76.3 Å². The molecule has 0 bridgehead atoms. The summed E-state index contributed by atoms with van der Waals surface area (Å²) in [5.41, 5.74) is 6.66. The number of fused-ring (bicyclic) bond motifs is 1. The minimum atomic E-state index is 1.08. The zero-order valence-corrected chi connectivity index (χ0v) is 17.2. The predicted molar refractivity (Wildman–Crippen MR) is 118 cm³/mol. The lowest BCUT2D eigenvalue weighted by Gasteiger charge is -2.09. The number of pyridine rings is 1. The molecule has 0 atom stereocenters. The average Bonchev–Trinajstić information content (AvgIpc) is 2.70. The Balaban J connectivity index is 1.74. The fourth-order valence-electron chi connectivity index (χ4n) is 3.82. The van der Waals surface area contributed by atoms with Crippen molar-refractivity contribution >= 4 is 10.8 Å². The molecule has 0 saturated heterocycles. The van der Waals surface area contributed by atoms with E-state index in [1.165, 1.54) is 77.2 Å². The van der Waals surface area contributed by atoms with Crippen LogP contribution in [0.1, 0.15) is 69.2 Å². The summed E-state index contributed by atoms with van der Waals surface area (Å²) in [7, 11) is 0. The number of hydrogen-bond acceptors (Lipinski definition) is 1. The summed E-state index contributed by atoms with van der Waals surface area (Å²) in [4.78, 5) is 4.68. The third-order valence-electron chi connectivity index (χ3n) is 5.63. The summed E-state index contributed by atoms with van der Waals surface area (Å²) < 4.78 is 0. The average molecular weight is 360 g/mol. The standard InChI is InChI=1S/C26H33N/c1-4-6-7-8-9-10-11-26-18-25-17-23(14-15-24(25)19-27-26)22-13-12-20(3)21(5-2)16-22/h12-19H,4-11H2,1-3H3. The van der Waals surface area contributed by atoms with Crippen molar-refractivity contribution < 1.29 is 0 Å². The first-order chi connectivity index (χ1) is 13.2. The van der Waals surface area contributed by atoms with Gasteiger partial charge in [0.25, 0.3) is 0 Å². The van der Waals surface area contributed by atoms with Gasteiger partial charge in [-0.2, -0.15) is 0 Å². The normalized spacial score (nSPS) is 11.2. The zero-order chi connectivity index (χ0) is 19.1. The van der Waals surface area contributed by atoms with E-state index in [4.69, 9.17) is 0 Å². The Kier molecular flexibility index (Phi) is 7.04. The van der Waals surface area contributed by atoms with E-state index >= 15 is 0 Å². The second kappa shape index (κ2) is 9.69. The summed E-state index contributed by atoms with van der Waals surface area (Å²) in [5, 5.41) is 2.54. The van der Waals surface area contributed by atoms with Gasteiger partial charge in [0.15, 0.2) is 0 Å². The molecule has 142 valence electrons. The van der Waals surface area contributed by atoms with Gasteiger partial charge in [0.1, 0.15) is 0 Å². The van der Waals surface area contributed by atoms with Crippen LogP contribution in [0.25, 0.3) is 21.9 Å². The van der Waals surface area contributed by atoms with Crippen LogP contribution in [-0.2, 0) is 12.8 Å². The van der Waals surface area contributed by atoms with Crippen molar-refractivity contribution in [3.8, 4) is 11.1 Å². The first kappa shape index (κ1) is 19.6. The quantitative estimate of drug-likeness (QED) is 0.357. The molecule has 27 heavy (non-hydrogen) atoms. The molecule has 3 aromatic rings. The lowest BCUT2D eigenvalue weighted by molar-refractivity contribution is 0.605. The number of hydrogen-bond donors (Lipinski definition) is 0. The van der Waals surface area contributed by atoms with Gasteiger partial charge in [-0.15, -0.1) is 0 Å². The molecule has 0 saturated carbocycles. The molecule has 1 heteroatoms. The van der Waals surface area contributed by atoms with Crippen molar-refractivity contribution in [2.45, 2.75) is 72.1 Å². The summed E-state index contributed by atoms with van der Waals surface area (Å²) in [6.45, 7) is 6.70. The first-order valence-corrected chi connectivity index (χ1v) is 10.7. The molecule has 0 amide bonds. The number of nitrogens with zero attached hydrogens (tertiary/aromatic N) is 1. The molecule has 2 aromatic carbocycles. The highest BCUT2D eigenvalue weighted by atomic mass is 14.7. The van der Waals surface area contributed by atoms with Gasteiger partial charge in [0.05, 0.1) is 0 Å². The maximum Gasteiger partial charge on any atom is 0.0410 e. The molecule has 3 rings (SSSR count). The van der Waals surface area contributed by atoms with E-state index in [0.717, 1.165) is 12.8 Å². The van der Waals surface area contributed by atoms with Crippen molar-refractivity contribution in [3.63, 3.8) is 0 Å². The van der Waals surface area contributed by atoms with Gasteiger partial charge in [0, 0.05) is 17.3 Å². The SMILES string of the molecule is CCCCCCCCc1cc2cc(-c3ccc(C)c(CC)c3)ccc2cn1. The summed E-state index contributed by atoms with van der Waals surface area (Å²) in [6, 6.07) is 15.9. The van der Waals surface area contributed by atoms with Crippen LogP contribution < -0.4 is 0 Å². The Morgan fingerprint density at radius 1 is 0.741 bits per heavy atom. The first-order valence-electron chi connectivity index (χ1n) is 10.7. The molecular formula is C26H33N. The lowest BCUT2D eigenvalue weighted by Crippen LogP contribution is -1.92. The van der Waals surface area contributed by atoms with Gasteiger partial charge in [-0.05, 0) is 66.0 Å². The fraction of sp³-hybridized carbons (Fsp3) is 0.423. The number of aryl methyl sites for hydroxylation is 3. The van der Waals surface area contributed by atoms with Gasteiger partial charge in [0.2, 0.25) is 0 Å². The van der Waals surface area contributed by atoms with Crippen molar-refractivity contribution in [2.75, 3.05) is 0 Å². The molecule has 0 radical (unpaired) electrons. The molecule has 1 nitrogen and oxygen atoms in total. The van der Waals surface area contributed by atoms with Crippen molar-refractivity contribution in [3.05, 3.63) is 65.5 Å². The van der Waals surface area contributed by atoms with E-state index in [-0.39, 0.29) is 0 Å². The monoisotopic (exact) mass is 359 g/mol. The highest BCUT2D eigenvalue weighted by Crippen LogP contribution is 2.27. The molecule has 0 unspecified atom stereocenters. The molecule has 1 aromatic heterocycles. The molecule has 0 N–H and O–H groups in total. The number of unbranched alkanes of at least 4 members (excludes halogenated alkanes) is 5. The largest absolute Gasteiger partial charge is 0.261 e. The van der Waals surface area contributed by atoms with Crippen LogP contribution >= 0.6 is 0 Å². The number of rotatable bonds is 9.